The molecule has 1 fully saturated rings. The van der Waals surface area contributed by atoms with Crippen LogP contribution in [0.3, 0.4) is 0 Å². The van der Waals surface area contributed by atoms with Crippen molar-refractivity contribution in [2.24, 2.45) is 5.92 Å². The summed E-state index contributed by atoms with van der Waals surface area (Å²) in [6.45, 7) is 4.37. The topological polar surface area (TPSA) is 29.1 Å². The van der Waals surface area contributed by atoms with E-state index in [9.17, 15) is 13.6 Å². The van der Waals surface area contributed by atoms with E-state index >= 15 is 0 Å². The van der Waals surface area contributed by atoms with Crippen LogP contribution < -0.4 is 5.32 Å². The first-order valence-corrected chi connectivity index (χ1v) is 8.19. The number of amides is 1. The molecule has 0 aliphatic heterocycles. The molecular formula is C20H21F2NO. The summed E-state index contributed by atoms with van der Waals surface area (Å²) >= 11 is 0. The van der Waals surface area contributed by atoms with Crippen molar-refractivity contribution in [2.75, 3.05) is 6.54 Å². The van der Waals surface area contributed by atoms with Gasteiger partial charge in [-0.05, 0) is 42.0 Å². The van der Waals surface area contributed by atoms with E-state index in [0.29, 0.717) is 18.5 Å². The molecule has 2 atom stereocenters. The van der Waals surface area contributed by atoms with Crippen LogP contribution in [0.25, 0.3) is 0 Å². The van der Waals surface area contributed by atoms with Crippen molar-refractivity contribution in [3.63, 3.8) is 0 Å². The molecule has 0 heterocycles. The number of carbonyl (C=O) groups is 1. The van der Waals surface area contributed by atoms with Gasteiger partial charge < -0.3 is 5.32 Å². The Bertz CT molecular complexity index is 774. The maximum Gasteiger partial charge on any atom is 0.224 e. The zero-order valence-electron chi connectivity index (χ0n) is 13.9. The molecule has 0 saturated heterocycles. The van der Waals surface area contributed by atoms with Crippen LogP contribution in [0.2, 0.25) is 0 Å². The van der Waals surface area contributed by atoms with Crippen LogP contribution in [-0.2, 0) is 16.6 Å². The van der Waals surface area contributed by atoms with Crippen molar-refractivity contribution in [1.29, 1.82) is 0 Å². The molecule has 1 aliphatic carbocycles. The first-order chi connectivity index (χ1) is 11.4. The van der Waals surface area contributed by atoms with Gasteiger partial charge in [0.05, 0.1) is 6.42 Å². The van der Waals surface area contributed by atoms with Gasteiger partial charge in [-0.1, -0.05) is 37.3 Å². The summed E-state index contributed by atoms with van der Waals surface area (Å²) in [5.74, 6) is -0.933. The Morgan fingerprint density at radius 3 is 2.58 bits per heavy atom. The first kappa shape index (κ1) is 16.6. The quantitative estimate of drug-likeness (QED) is 0.885. The second-order valence-corrected chi connectivity index (χ2v) is 6.77. The lowest BCUT2D eigenvalue weighted by Gasteiger charge is -2.19. The summed E-state index contributed by atoms with van der Waals surface area (Å²) in [6, 6.07) is 11.5. The standard InChI is InChI=1S/C20H21F2NO/c1-13-5-3-4-6-15(13)9-19(24)23-12-20(11-14(20)2)17-8-7-16(21)10-18(17)22/h3-8,10,14H,9,11-12H2,1-2H3,(H,23,24). The Balaban J connectivity index is 1.68. The molecule has 1 saturated carbocycles. The molecule has 24 heavy (non-hydrogen) atoms. The van der Waals surface area contributed by atoms with Crippen molar-refractivity contribution in [2.45, 2.75) is 32.1 Å². The Hall–Kier alpha value is -2.23. The van der Waals surface area contributed by atoms with E-state index < -0.39 is 17.0 Å². The number of rotatable bonds is 5. The summed E-state index contributed by atoms with van der Waals surface area (Å²) in [4.78, 5) is 12.3. The van der Waals surface area contributed by atoms with Gasteiger partial charge in [-0.25, -0.2) is 8.78 Å². The fraction of sp³-hybridized carbons (Fsp3) is 0.350. The van der Waals surface area contributed by atoms with Gasteiger partial charge in [-0.2, -0.15) is 0 Å². The zero-order chi connectivity index (χ0) is 17.3. The molecule has 0 radical (unpaired) electrons. The highest BCUT2D eigenvalue weighted by atomic mass is 19.1. The summed E-state index contributed by atoms with van der Waals surface area (Å²) in [5.41, 5.74) is 2.14. The molecule has 1 amide bonds. The summed E-state index contributed by atoms with van der Waals surface area (Å²) in [5, 5.41) is 2.93. The number of nitrogens with one attached hydrogen (secondary N) is 1. The fourth-order valence-corrected chi connectivity index (χ4v) is 3.40. The van der Waals surface area contributed by atoms with Crippen molar-refractivity contribution in [3.8, 4) is 0 Å². The molecule has 126 valence electrons. The summed E-state index contributed by atoms with van der Waals surface area (Å²) in [6.07, 6.45) is 1.10. The highest BCUT2D eigenvalue weighted by molar-refractivity contribution is 5.79. The van der Waals surface area contributed by atoms with Crippen LogP contribution in [0.5, 0.6) is 0 Å². The van der Waals surface area contributed by atoms with Crippen LogP contribution in [0.15, 0.2) is 42.5 Å². The maximum atomic E-state index is 14.1. The van der Waals surface area contributed by atoms with Crippen molar-refractivity contribution in [3.05, 3.63) is 70.8 Å². The van der Waals surface area contributed by atoms with E-state index in [2.05, 4.69) is 5.32 Å². The maximum absolute atomic E-state index is 14.1. The lowest BCUT2D eigenvalue weighted by Crippen LogP contribution is -2.34. The van der Waals surface area contributed by atoms with E-state index in [-0.39, 0.29) is 11.8 Å². The normalized spacial score (nSPS) is 22.2. The average Bonchev–Trinajstić information content (AvgIpc) is 3.18. The Kier molecular flexibility index (Phi) is 4.39. The van der Waals surface area contributed by atoms with E-state index in [4.69, 9.17) is 0 Å². The second kappa shape index (κ2) is 6.34. The van der Waals surface area contributed by atoms with Crippen molar-refractivity contribution in [1.82, 2.24) is 5.32 Å². The van der Waals surface area contributed by atoms with Crippen LogP contribution >= 0.6 is 0 Å². The smallest absolute Gasteiger partial charge is 0.224 e. The minimum Gasteiger partial charge on any atom is -0.355 e. The van der Waals surface area contributed by atoms with Crippen molar-refractivity contribution >= 4 is 5.91 Å². The Morgan fingerprint density at radius 2 is 1.96 bits per heavy atom. The molecule has 1 N–H and O–H groups in total. The fourth-order valence-electron chi connectivity index (χ4n) is 3.40. The van der Waals surface area contributed by atoms with E-state index in [0.717, 1.165) is 23.6 Å². The highest BCUT2D eigenvalue weighted by Gasteiger charge is 2.53. The molecular weight excluding hydrogens is 308 g/mol. The zero-order valence-corrected chi connectivity index (χ0v) is 13.9. The van der Waals surface area contributed by atoms with E-state index in [1.807, 2.05) is 38.1 Å². The molecule has 0 spiro atoms. The molecule has 2 aromatic rings. The Labute approximate surface area is 140 Å². The minimum atomic E-state index is -0.580. The van der Waals surface area contributed by atoms with Crippen molar-refractivity contribution < 1.29 is 13.6 Å². The van der Waals surface area contributed by atoms with Crippen LogP contribution in [0.1, 0.15) is 30.0 Å². The molecule has 0 bridgehead atoms. The van der Waals surface area contributed by atoms with Gasteiger partial charge in [-0.15, -0.1) is 0 Å². The molecule has 2 nitrogen and oxygen atoms in total. The number of aryl methyl sites for hydroxylation is 1. The number of benzene rings is 2. The predicted molar refractivity (Wildman–Crippen MR) is 89.7 cm³/mol. The molecule has 2 aromatic carbocycles. The largest absolute Gasteiger partial charge is 0.355 e. The number of halogens is 2. The van der Waals surface area contributed by atoms with E-state index in [1.165, 1.54) is 12.1 Å². The highest BCUT2D eigenvalue weighted by Crippen LogP contribution is 2.54. The molecule has 0 aromatic heterocycles. The molecule has 1 aliphatic rings. The SMILES string of the molecule is Cc1ccccc1CC(=O)NCC1(c2ccc(F)cc2F)CC1C. The third kappa shape index (κ3) is 3.18. The number of carbonyl (C=O) groups excluding carboxylic acids is 1. The van der Waals surface area contributed by atoms with Gasteiger partial charge >= 0.3 is 0 Å². The lowest BCUT2D eigenvalue weighted by molar-refractivity contribution is -0.120. The third-order valence-electron chi connectivity index (χ3n) is 5.13. The summed E-state index contributed by atoms with van der Waals surface area (Å²) < 4.78 is 27.3. The first-order valence-electron chi connectivity index (χ1n) is 8.19. The van der Waals surface area contributed by atoms with Crippen LogP contribution in [0, 0.1) is 24.5 Å². The molecule has 2 unspecified atom stereocenters. The van der Waals surface area contributed by atoms with Crippen LogP contribution in [0.4, 0.5) is 8.78 Å². The van der Waals surface area contributed by atoms with Gasteiger partial charge in [0.2, 0.25) is 5.91 Å². The second-order valence-electron chi connectivity index (χ2n) is 6.77. The Morgan fingerprint density at radius 1 is 1.25 bits per heavy atom. The average molecular weight is 329 g/mol. The third-order valence-corrected chi connectivity index (χ3v) is 5.13. The van der Waals surface area contributed by atoms with Gasteiger partial charge in [0.15, 0.2) is 0 Å². The molecule has 4 heteroatoms. The van der Waals surface area contributed by atoms with E-state index in [1.54, 1.807) is 0 Å². The monoisotopic (exact) mass is 329 g/mol. The lowest BCUT2D eigenvalue weighted by atomic mass is 9.92. The molecule has 3 rings (SSSR count). The van der Waals surface area contributed by atoms with Gasteiger partial charge in [0, 0.05) is 18.0 Å². The predicted octanol–water partition coefficient (Wildman–Crippen LogP) is 3.91. The van der Waals surface area contributed by atoms with Gasteiger partial charge in [0.25, 0.3) is 0 Å². The number of hydrogen-bond acceptors (Lipinski definition) is 1. The summed E-state index contributed by atoms with van der Waals surface area (Å²) in [7, 11) is 0. The minimum absolute atomic E-state index is 0.0784. The van der Waals surface area contributed by atoms with Gasteiger partial charge in [0.1, 0.15) is 11.6 Å². The number of hydrogen-bond donors (Lipinski definition) is 1. The van der Waals surface area contributed by atoms with Crippen LogP contribution in [-0.4, -0.2) is 12.5 Å². The van der Waals surface area contributed by atoms with Gasteiger partial charge in [-0.3, -0.25) is 4.79 Å².